The Labute approximate surface area is 753 Å². The monoisotopic (exact) mass is 1770 g/mol. The Morgan fingerprint density at radius 2 is 0.850 bits per heavy atom. The zero-order valence-electron chi connectivity index (χ0n) is 75.5. The van der Waals surface area contributed by atoms with Gasteiger partial charge in [-0.15, -0.1) is 0 Å². The van der Waals surface area contributed by atoms with Crippen molar-refractivity contribution in [2.24, 2.45) is 0 Å². The van der Waals surface area contributed by atoms with E-state index in [1.165, 1.54) is 64.2 Å². The number of hydrogen-bond acceptors (Lipinski definition) is 31. The molecule has 10 N–H and O–H groups in total. The Bertz CT molecular complexity index is 4680. The van der Waals surface area contributed by atoms with E-state index in [2.05, 4.69) is 90.7 Å². The quantitative estimate of drug-likeness (QED) is 0.0173. The fraction of sp³-hybridized carbons (Fsp3) is 0.579. The molecule has 127 heavy (non-hydrogen) atoms. The zero-order chi connectivity index (χ0) is 88.8. The fourth-order valence-electron chi connectivity index (χ4n) is 16.3. The number of nitrogens with one attached hydrogen (secondary N) is 6. The van der Waals surface area contributed by atoms with Gasteiger partial charge in [-0.05, 0) is 199 Å². The fourth-order valence-corrected chi connectivity index (χ4v) is 16.5. The molecule has 0 bridgehead atoms. The lowest BCUT2D eigenvalue weighted by molar-refractivity contribution is 0.0852. The number of aliphatic hydroxyl groups is 4. The van der Waals surface area contributed by atoms with Crippen LogP contribution >= 0.6 is 11.6 Å². The van der Waals surface area contributed by atoms with Crippen LogP contribution in [0.25, 0.3) is 45.6 Å². The number of nitrogens with zero attached hydrogens (tertiary/aromatic N) is 12. The van der Waals surface area contributed by atoms with Gasteiger partial charge >= 0.3 is 0 Å². The highest BCUT2D eigenvalue weighted by Gasteiger charge is 2.32. The Hall–Kier alpha value is -9.19. The minimum Gasteiger partial charge on any atom is -0.497 e. The lowest BCUT2D eigenvalue weighted by atomic mass is 10.1. The Kier molecular flexibility index (Phi) is 36.8. The summed E-state index contributed by atoms with van der Waals surface area (Å²) in [5.74, 6) is 12.6. The minimum atomic E-state index is -0.596. The van der Waals surface area contributed by atoms with Crippen LogP contribution in [0.3, 0.4) is 0 Å². The molecule has 5 atom stereocenters. The summed E-state index contributed by atoms with van der Waals surface area (Å²) in [5.41, 5.74) is 6.73. The van der Waals surface area contributed by atoms with Crippen LogP contribution in [0.4, 0.5) is 34.9 Å². The van der Waals surface area contributed by atoms with E-state index < -0.39 is 24.4 Å². The summed E-state index contributed by atoms with van der Waals surface area (Å²) in [5, 5.41) is 59.3. The van der Waals surface area contributed by atoms with Crippen molar-refractivity contribution in [3.8, 4) is 74.3 Å². The van der Waals surface area contributed by atoms with Crippen LogP contribution in [0.1, 0.15) is 138 Å². The number of aromatic nitrogens is 8. The third-order valence-corrected chi connectivity index (χ3v) is 24.1. The molecular weight excluding hydrogens is 1640 g/mol. The Morgan fingerprint density at radius 3 is 1.32 bits per heavy atom. The summed E-state index contributed by atoms with van der Waals surface area (Å²) in [6, 6.07) is 34.5. The number of benzene rings is 4. The average molecular weight is 1770 g/mol. The second-order valence-electron chi connectivity index (χ2n) is 34.2. The number of rotatable bonds is 37. The third-order valence-electron chi connectivity index (χ3n) is 23.9. The number of aliphatic hydroxyl groups excluding tert-OH is 4. The van der Waals surface area contributed by atoms with E-state index in [0.29, 0.717) is 120 Å². The average Bonchev–Trinajstić information content (AvgIpc) is 1.77. The molecular formula is C95H135ClN18O13. The van der Waals surface area contributed by atoms with Crippen LogP contribution in [0.2, 0.25) is 5.02 Å². The number of likely N-dealkylation sites (N-methyl/N-ethyl adjacent to an activating group) is 4. The molecule has 4 unspecified atom stereocenters. The molecule has 16 rings (SSSR count). The van der Waals surface area contributed by atoms with Crippen molar-refractivity contribution < 1.29 is 63.1 Å². The van der Waals surface area contributed by atoms with E-state index in [4.69, 9.17) is 94.1 Å². The highest BCUT2D eigenvalue weighted by atomic mass is 35.5. The van der Waals surface area contributed by atoms with Crippen LogP contribution in [-0.2, 0) is 18.9 Å². The first-order valence-electron chi connectivity index (χ1n) is 45.8. The maximum atomic E-state index is 9.99. The van der Waals surface area contributed by atoms with Crippen molar-refractivity contribution in [2.75, 3.05) is 211 Å². The molecule has 10 heterocycles. The van der Waals surface area contributed by atoms with Gasteiger partial charge in [-0.2, -0.15) is 0 Å². The number of hydrogen-bond donors (Lipinski definition) is 10. The minimum absolute atomic E-state index is 0.182. The summed E-state index contributed by atoms with van der Waals surface area (Å²) < 4.78 is 50.8. The molecule has 8 fully saturated rings. The van der Waals surface area contributed by atoms with Gasteiger partial charge in [0.1, 0.15) is 114 Å². The van der Waals surface area contributed by atoms with E-state index in [0.717, 1.165) is 191 Å². The lowest BCUT2D eigenvalue weighted by Crippen LogP contribution is -2.37. The first kappa shape index (κ1) is 95.4. The van der Waals surface area contributed by atoms with Crippen molar-refractivity contribution in [3.05, 3.63) is 125 Å². The maximum Gasteiger partial charge on any atom is 0.164 e. The van der Waals surface area contributed by atoms with Gasteiger partial charge in [-0.25, -0.2) is 39.9 Å². The zero-order valence-corrected chi connectivity index (χ0v) is 76.2. The summed E-state index contributed by atoms with van der Waals surface area (Å²) >= 11 is 6.38. The van der Waals surface area contributed by atoms with E-state index in [-0.39, 0.29) is 32.5 Å². The normalized spacial score (nSPS) is 18.5. The largest absolute Gasteiger partial charge is 0.497 e. The van der Waals surface area contributed by atoms with E-state index in [1.54, 1.807) is 27.3 Å². The van der Waals surface area contributed by atoms with Gasteiger partial charge in [0.15, 0.2) is 23.3 Å². The third kappa shape index (κ3) is 29.2. The number of methoxy groups -OCH3 is 1. The Balaban J connectivity index is 0.000000145. The smallest absolute Gasteiger partial charge is 0.164 e. The molecule has 0 radical (unpaired) electrons. The predicted molar refractivity (Wildman–Crippen MR) is 499 cm³/mol. The van der Waals surface area contributed by atoms with E-state index in [9.17, 15) is 20.4 Å². The van der Waals surface area contributed by atoms with Gasteiger partial charge in [-0.3, -0.25) is 0 Å². The molecule has 0 amide bonds. The molecule has 6 aliphatic heterocycles. The summed E-state index contributed by atoms with van der Waals surface area (Å²) in [4.78, 5) is 48.5. The molecule has 2 saturated carbocycles. The highest BCUT2D eigenvalue weighted by Crippen LogP contribution is 2.44. The summed E-state index contributed by atoms with van der Waals surface area (Å²) in [6.07, 6.45) is 16.7. The molecule has 8 aromatic rings. The summed E-state index contributed by atoms with van der Waals surface area (Å²) in [7, 11) is 13.1. The van der Waals surface area contributed by atoms with Crippen LogP contribution in [0.15, 0.2) is 103 Å². The molecule has 6 saturated heterocycles. The molecule has 2 aliphatic carbocycles. The molecule has 0 spiro atoms. The number of ether oxygens (including phenoxy) is 9. The van der Waals surface area contributed by atoms with Crippen LogP contribution in [0, 0.1) is 6.92 Å². The first-order valence-corrected chi connectivity index (χ1v) is 46.2. The van der Waals surface area contributed by atoms with Gasteiger partial charge in [0.2, 0.25) is 0 Å². The van der Waals surface area contributed by atoms with Crippen molar-refractivity contribution in [1.29, 1.82) is 0 Å². The summed E-state index contributed by atoms with van der Waals surface area (Å²) in [6.45, 7) is 15.2. The topological polar surface area (TPSA) is 352 Å². The van der Waals surface area contributed by atoms with Gasteiger partial charge in [0.25, 0.3) is 0 Å². The molecule has 8 aliphatic rings. The second-order valence-corrected chi connectivity index (χ2v) is 34.7. The SMILES string of the molecule is CNCC(O)COc1cc(Cl)cc(-c2nc(C3CC3)cc(N(C)C3CCOCC3)n2)c1.CNCC(O)COc1cc(OC)cc(-c2nc(C3CC3)cc(N(C)C3CCOCC3)n2)c1.CNCC(O)COc1cccc(-c2nc(NC3CCOCC3)cc(N3CCCCC3)n2)c1.CNCC(O)COc1cccc(-c2nc(N[C@H]3CCOC3)c(C)c(N3CCCCC3)n2)c1. The van der Waals surface area contributed by atoms with Gasteiger partial charge in [0.05, 0.1) is 19.8 Å². The van der Waals surface area contributed by atoms with Crippen molar-refractivity contribution >= 4 is 46.5 Å². The van der Waals surface area contributed by atoms with Gasteiger partial charge < -0.3 is 115 Å². The maximum absolute atomic E-state index is 9.99. The highest BCUT2D eigenvalue weighted by molar-refractivity contribution is 6.31. The van der Waals surface area contributed by atoms with E-state index in [1.807, 2.05) is 93.0 Å². The number of anilines is 6. The van der Waals surface area contributed by atoms with Gasteiger partial charge in [0, 0.05) is 211 Å². The van der Waals surface area contributed by atoms with Crippen LogP contribution in [0.5, 0.6) is 28.7 Å². The van der Waals surface area contributed by atoms with Crippen LogP contribution in [-0.4, -0.2) is 290 Å². The number of piperidine rings is 2. The second kappa shape index (κ2) is 49.0. The van der Waals surface area contributed by atoms with Crippen molar-refractivity contribution in [1.82, 2.24) is 61.1 Å². The molecule has 31 nitrogen and oxygen atoms in total. The molecule has 4 aromatic carbocycles. The van der Waals surface area contributed by atoms with Crippen LogP contribution < -0.4 is 75.2 Å². The predicted octanol–water partition coefficient (Wildman–Crippen LogP) is 11.1. The molecule has 32 heteroatoms. The van der Waals surface area contributed by atoms with Gasteiger partial charge in [-0.1, -0.05) is 35.9 Å². The standard InChI is InChI=1S/2C24H35N5O3.C24H34N4O4.C23H31ClN4O3/c1-17-22(26-19-9-12-31-15-19)27-23(28-24(17)29-10-4-3-5-11-29)18-7-6-8-21(13-18)32-16-20(30)14-25-2;1-25-16-20(30)17-32-21-7-5-6-18(14-21)24-27-22(26-19-8-12-31-13-9-19)15-23(28-24)29-10-3-2-4-11-29;1-25-14-19(29)15-32-21-11-17(10-20(12-21)30-3)24-26-22(16-4-5-16)13-23(27-24)28(2)18-6-8-31-9-7-18;1-25-13-19(29)14-31-20-10-16(9-17(24)11-20)23-26-21(15-3-4-15)12-22(27-23)28(2)18-5-7-30-8-6-18/h6-8,13,19-20,25,30H,3-5,9-12,14-16H2,1-2H3,(H,26,27,28);5-7,14-15,19-20,25,30H,2-4,8-13,16-17H2,1H3,(H,26,27,28);10-13,16,18-19,25,29H,4-9,14-15H2,1-3H3;9-12,15,18-19,25,29H,3-8,13-14H2,1-2H3/t19-,20?;;;/m0.../s1. The Morgan fingerprint density at radius 1 is 0.425 bits per heavy atom. The molecule has 690 valence electrons. The molecule has 4 aromatic heterocycles. The number of halogens is 1. The van der Waals surface area contributed by atoms with Crippen molar-refractivity contribution in [3.63, 3.8) is 0 Å². The van der Waals surface area contributed by atoms with E-state index >= 15 is 0 Å². The lowest BCUT2D eigenvalue weighted by Gasteiger charge is -2.32. The van der Waals surface area contributed by atoms with Crippen molar-refractivity contribution in [2.45, 2.75) is 176 Å². The first-order chi connectivity index (χ1) is 61.9.